The van der Waals surface area contributed by atoms with Crippen molar-refractivity contribution in [3.8, 4) is 0 Å². The molecule has 0 spiro atoms. The van der Waals surface area contributed by atoms with Gasteiger partial charge in [0.05, 0.1) is 17.1 Å². The number of nitrogens with zero attached hydrogens (tertiary/aromatic N) is 1. The smallest absolute Gasteiger partial charge is 0.231 e. The fourth-order valence-corrected chi connectivity index (χ4v) is 1.41. The topological polar surface area (TPSA) is 83.8 Å². The van der Waals surface area contributed by atoms with Crippen LogP contribution in [0.5, 0.6) is 0 Å². The second kappa shape index (κ2) is 4.18. The molecule has 0 radical (unpaired) electrons. The normalized spacial score (nSPS) is 11.7. The summed E-state index contributed by atoms with van der Waals surface area (Å²) < 4.78 is 0. The van der Waals surface area contributed by atoms with Crippen molar-refractivity contribution in [1.82, 2.24) is 10.2 Å². The number of H-pyrrole nitrogens is 1. The lowest BCUT2D eigenvalue weighted by Gasteiger charge is -2.21. The number of benzene rings is 1. The third kappa shape index (κ3) is 2.29. The quantitative estimate of drug-likeness (QED) is 0.749. The molecule has 5 nitrogen and oxygen atoms in total. The number of nitrogens with two attached hydrogens (primary N) is 1. The monoisotopic (exact) mass is 232 g/mol. The summed E-state index contributed by atoms with van der Waals surface area (Å²) in [6.07, 6.45) is 1.74. The standard InChI is InChI=1S/C12H16N4O/c1-12(2,7-13)11(17)15-9-4-3-8-6-14-16-10(8)5-9/h3-6H,7,13H2,1-2H3,(H,14,16)(H,15,17). The van der Waals surface area contributed by atoms with Crippen molar-refractivity contribution in [3.63, 3.8) is 0 Å². The third-order valence-corrected chi connectivity index (χ3v) is 2.82. The average molecular weight is 232 g/mol. The van der Waals surface area contributed by atoms with E-state index in [1.165, 1.54) is 0 Å². The number of aromatic nitrogens is 2. The molecule has 4 N–H and O–H groups in total. The lowest BCUT2D eigenvalue weighted by Crippen LogP contribution is -2.37. The van der Waals surface area contributed by atoms with Crippen LogP contribution in [0.4, 0.5) is 5.69 Å². The maximum atomic E-state index is 11.9. The molecule has 0 aliphatic carbocycles. The van der Waals surface area contributed by atoms with E-state index in [1.54, 1.807) is 6.20 Å². The predicted octanol–water partition coefficient (Wildman–Crippen LogP) is 1.49. The number of carbonyl (C=O) groups is 1. The minimum Gasteiger partial charge on any atom is -0.329 e. The fourth-order valence-electron chi connectivity index (χ4n) is 1.41. The highest BCUT2D eigenvalue weighted by atomic mass is 16.2. The second-order valence-electron chi connectivity index (χ2n) is 4.71. The summed E-state index contributed by atoms with van der Waals surface area (Å²) in [5.41, 5.74) is 6.63. The van der Waals surface area contributed by atoms with Gasteiger partial charge in [0.1, 0.15) is 0 Å². The molecule has 0 aliphatic rings. The van der Waals surface area contributed by atoms with E-state index in [0.29, 0.717) is 6.54 Å². The number of carbonyl (C=O) groups excluding carboxylic acids is 1. The Hall–Kier alpha value is -1.88. The van der Waals surface area contributed by atoms with E-state index in [-0.39, 0.29) is 5.91 Å². The van der Waals surface area contributed by atoms with Gasteiger partial charge in [0.2, 0.25) is 5.91 Å². The highest BCUT2D eigenvalue weighted by Crippen LogP contribution is 2.20. The number of anilines is 1. The van der Waals surface area contributed by atoms with E-state index in [9.17, 15) is 4.79 Å². The lowest BCUT2D eigenvalue weighted by atomic mass is 9.92. The molecule has 0 saturated heterocycles. The van der Waals surface area contributed by atoms with Crippen molar-refractivity contribution in [3.05, 3.63) is 24.4 Å². The number of nitrogens with one attached hydrogen (secondary N) is 2. The minimum atomic E-state index is -0.567. The van der Waals surface area contributed by atoms with Gasteiger partial charge in [0.15, 0.2) is 0 Å². The van der Waals surface area contributed by atoms with Gasteiger partial charge in [-0.2, -0.15) is 5.10 Å². The first kappa shape index (κ1) is 11.6. The Balaban J connectivity index is 2.21. The van der Waals surface area contributed by atoms with Crippen LogP contribution in [0.3, 0.4) is 0 Å². The Kier molecular flexibility index (Phi) is 2.85. The first-order valence-corrected chi connectivity index (χ1v) is 5.47. The van der Waals surface area contributed by atoms with E-state index >= 15 is 0 Å². The molecule has 0 bridgehead atoms. The molecule has 0 aliphatic heterocycles. The first-order chi connectivity index (χ1) is 8.03. The average Bonchev–Trinajstić information content (AvgIpc) is 2.76. The zero-order valence-electron chi connectivity index (χ0n) is 9.95. The molecular formula is C12H16N4O. The fraction of sp³-hybridized carbons (Fsp3) is 0.333. The maximum Gasteiger partial charge on any atom is 0.231 e. The number of aromatic amines is 1. The summed E-state index contributed by atoms with van der Waals surface area (Å²) in [7, 11) is 0. The van der Waals surface area contributed by atoms with Crippen LogP contribution in [-0.4, -0.2) is 22.6 Å². The third-order valence-electron chi connectivity index (χ3n) is 2.82. The number of hydrogen-bond acceptors (Lipinski definition) is 3. The van der Waals surface area contributed by atoms with Gasteiger partial charge in [-0.25, -0.2) is 0 Å². The molecule has 0 saturated carbocycles. The Labute approximate surface area is 99.4 Å². The SMILES string of the molecule is CC(C)(CN)C(=O)Nc1ccc2cn[nH]c2c1. The highest BCUT2D eigenvalue weighted by molar-refractivity contribution is 5.96. The van der Waals surface area contributed by atoms with Crippen LogP contribution in [0, 0.1) is 5.41 Å². The van der Waals surface area contributed by atoms with Crippen LogP contribution in [0.15, 0.2) is 24.4 Å². The minimum absolute atomic E-state index is 0.0844. The molecule has 1 aromatic carbocycles. The van der Waals surface area contributed by atoms with Crippen LogP contribution >= 0.6 is 0 Å². The molecule has 17 heavy (non-hydrogen) atoms. The molecule has 2 aromatic rings. The predicted molar refractivity (Wildman–Crippen MR) is 67.6 cm³/mol. The molecular weight excluding hydrogens is 216 g/mol. The van der Waals surface area contributed by atoms with Crippen LogP contribution in [0.25, 0.3) is 10.9 Å². The summed E-state index contributed by atoms with van der Waals surface area (Å²) in [6.45, 7) is 3.94. The van der Waals surface area contributed by atoms with Gasteiger partial charge >= 0.3 is 0 Å². The van der Waals surface area contributed by atoms with Crippen LogP contribution in [0.1, 0.15) is 13.8 Å². The van der Waals surface area contributed by atoms with E-state index in [2.05, 4.69) is 15.5 Å². The molecule has 5 heteroatoms. The summed E-state index contributed by atoms with van der Waals surface area (Å²) in [5, 5.41) is 10.7. The van der Waals surface area contributed by atoms with Crippen molar-refractivity contribution in [2.45, 2.75) is 13.8 Å². The van der Waals surface area contributed by atoms with Crippen molar-refractivity contribution in [2.75, 3.05) is 11.9 Å². The Morgan fingerprint density at radius 1 is 1.53 bits per heavy atom. The zero-order valence-corrected chi connectivity index (χ0v) is 9.95. The molecule has 0 fully saturated rings. The van der Waals surface area contributed by atoms with Crippen LogP contribution < -0.4 is 11.1 Å². The summed E-state index contributed by atoms with van der Waals surface area (Å²) in [6, 6.07) is 5.61. The van der Waals surface area contributed by atoms with E-state index in [0.717, 1.165) is 16.6 Å². The van der Waals surface area contributed by atoms with Gasteiger partial charge in [-0.3, -0.25) is 9.89 Å². The van der Waals surface area contributed by atoms with Gasteiger partial charge < -0.3 is 11.1 Å². The Morgan fingerprint density at radius 2 is 2.29 bits per heavy atom. The number of hydrogen-bond donors (Lipinski definition) is 3. The Morgan fingerprint density at radius 3 is 3.00 bits per heavy atom. The molecule has 1 aromatic heterocycles. The summed E-state index contributed by atoms with van der Waals surface area (Å²) >= 11 is 0. The molecule has 0 unspecified atom stereocenters. The van der Waals surface area contributed by atoms with Crippen molar-refractivity contribution < 1.29 is 4.79 Å². The molecule has 2 rings (SSSR count). The maximum absolute atomic E-state index is 11.9. The zero-order chi connectivity index (χ0) is 12.5. The van der Waals surface area contributed by atoms with E-state index in [1.807, 2.05) is 32.0 Å². The van der Waals surface area contributed by atoms with Gasteiger partial charge in [-0.15, -0.1) is 0 Å². The van der Waals surface area contributed by atoms with Gasteiger partial charge in [-0.1, -0.05) is 0 Å². The second-order valence-corrected chi connectivity index (χ2v) is 4.71. The van der Waals surface area contributed by atoms with E-state index < -0.39 is 5.41 Å². The number of amides is 1. The highest BCUT2D eigenvalue weighted by Gasteiger charge is 2.25. The molecule has 0 atom stereocenters. The number of fused-ring (bicyclic) bond motifs is 1. The molecule has 90 valence electrons. The summed E-state index contributed by atoms with van der Waals surface area (Å²) in [4.78, 5) is 11.9. The molecule has 1 heterocycles. The van der Waals surface area contributed by atoms with Crippen LogP contribution in [0.2, 0.25) is 0 Å². The van der Waals surface area contributed by atoms with Gasteiger partial charge in [0.25, 0.3) is 0 Å². The first-order valence-electron chi connectivity index (χ1n) is 5.47. The lowest BCUT2D eigenvalue weighted by molar-refractivity contribution is -0.123. The van der Waals surface area contributed by atoms with E-state index in [4.69, 9.17) is 5.73 Å². The van der Waals surface area contributed by atoms with Gasteiger partial charge in [-0.05, 0) is 32.0 Å². The molecule has 1 amide bonds. The van der Waals surface area contributed by atoms with Crippen molar-refractivity contribution in [1.29, 1.82) is 0 Å². The van der Waals surface area contributed by atoms with Crippen LogP contribution in [-0.2, 0) is 4.79 Å². The van der Waals surface area contributed by atoms with Crippen molar-refractivity contribution >= 4 is 22.5 Å². The summed E-state index contributed by atoms with van der Waals surface area (Å²) in [5.74, 6) is -0.0844. The largest absolute Gasteiger partial charge is 0.329 e. The number of rotatable bonds is 3. The van der Waals surface area contributed by atoms with Gasteiger partial charge in [0, 0.05) is 17.6 Å². The van der Waals surface area contributed by atoms with Crippen molar-refractivity contribution in [2.24, 2.45) is 11.1 Å². The Bertz CT molecular complexity index is 544.